The standard InChI is InChI=1S/C24H50NO.ClH/c1-4-7-8-9-10-11-12-13-14-15-16-17-18-19-20-21-25(5-2,6-3)22-24-23-26-24;/h24H,4-23H2,1-3H3;1H/q+1;/p-1. The average molecular weight is 404 g/mol. The minimum atomic E-state index is 0. The zero-order chi connectivity index (χ0) is 18.9. The van der Waals surface area contributed by atoms with Crippen molar-refractivity contribution in [3.8, 4) is 0 Å². The summed E-state index contributed by atoms with van der Waals surface area (Å²) >= 11 is 0. The topological polar surface area (TPSA) is 12.5 Å². The van der Waals surface area contributed by atoms with Crippen molar-refractivity contribution in [2.45, 2.75) is 123 Å². The van der Waals surface area contributed by atoms with Gasteiger partial charge in [0.05, 0.1) is 26.2 Å². The molecule has 1 heterocycles. The Labute approximate surface area is 177 Å². The van der Waals surface area contributed by atoms with Gasteiger partial charge in [-0.2, -0.15) is 0 Å². The SMILES string of the molecule is CCCCCCCCCCCCCCCCC[N+](CC)(CC)CC1CO1.[Cl-]. The Kier molecular flexibility index (Phi) is 18.4. The molecule has 1 aliphatic rings. The second kappa shape index (κ2) is 18.3. The van der Waals surface area contributed by atoms with Crippen molar-refractivity contribution in [2.24, 2.45) is 0 Å². The van der Waals surface area contributed by atoms with Gasteiger partial charge in [-0.15, -0.1) is 0 Å². The molecule has 0 aromatic heterocycles. The Morgan fingerprint density at radius 1 is 0.630 bits per heavy atom. The van der Waals surface area contributed by atoms with Crippen molar-refractivity contribution in [1.29, 1.82) is 0 Å². The first-order valence-corrected chi connectivity index (χ1v) is 12.2. The summed E-state index contributed by atoms with van der Waals surface area (Å²) in [5.74, 6) is 0. The molecular weight excluding hydrogens is 354 g/mol. The molecule has 1 unspecified atom stereocenters. The van der Waals surface area contributed by atoms with Gasteiger partial charge in [0.1, 0.15) is 12.6 Å². The van der Waals surface area contributed by atoms with Crippen LogP contribution in [0.15, 0.2) is 0 Å². The Morgan fingerprint density at radius 2 is 1.00 bits per heavy atom. The van der Waals surface area contributed by atoms with Crippen LogP contribution in [0.3, 0.4) is 0 Å². The summed E-state index contributed by atoms with van der Waals surface area (Å²) in [7, 11) is 0. The van der Waals surface area contributed by atoms with Crippen LogP contribution in [-0.2, 0) is 4.74 Å². The molecule has 0 amide bonds. The zero-order valence-electron chi connectivity index (χ0n) is 19.0. The highest BCUT2D eigenvalue weighted by Crippen LogP contribution is 2.19. The van der Waals surface area contributed by atoms with E-state index in [4.69, 9.17) is 4.74 Å². The average Bonchev–Trinajstić information content (AvgIpc) is 3.48. The minimum Gasteiger partial charge on any atom is -1.00 e. The zero-order valence-corrected chi connectivity index (χ0v) is 19.7. The maximum atomic E-state index is 5.48. The second-order valence-corrected chi connectivity index (χ2v) is 8.79. The summed E-state index contributed by atoms with van der Waals surface area (Å²) < 4.78 is 6.76. The van der Waals surface area contributed by atoms with Crippen molar-refractivity contribution in [1.82, 2.24) is 0 Å². The summed E-state index contributed by atoms with van der Waals surface area (Å²) in [6, 6.07) is 0. The van der Waals surface area contributed by atoms with Crippen LogP contribution >= 0.6 is 0 Å². The van der Waals surface area contributed by atoms with Gasteiger partial charge in [0, 0.05) is 0 Å². The lowest BCUT2D eigenvalue weighted by Gasteiger charge is -2.36. The number of halogens is 1. The predicted molar refractivity (Wildman–Crippen MR) is 116 cm³/mol. The summed E-state index contributed by atoms with van der Waals surface area (Å²) in [6.07, 6.45) is 22.4. The molecule has 2 nitrogen and oxygen atoms in total. The quantitative estimate of drug-likeness (QED) is 0.169. The number of hydrogen-bond donors (Lipinski definition) is 0. The molecule has 0 aromatic rings. The Balaban J connectivity index is 0.00000676. The number of rotatable bonds is 20. The highest BCUT2D eigenvalue weighted by Gasteiger charge is 2.34. The maximum absolute atomic E-state index is 5.48. The number of likely N-dealkylation sites (N-methyl/N-ethyl adjacent to an activating group) is 1. The third-order valence-corrected chi connectivity index (χ3v) is 6.57. The van der Waals surface area contributed by atoms with E-state index < -0.39 is 0 Å². The molecule has 1 aliphatic heterocycles. The monoisotopic (exact) mass is 403 g/mol. The Morgan fingerprint density at radius 3 is 1.33 bits per heavy atom. The van der Waals surface area contributed by atoms with E-state index in [-0.39, 0.29) is 12.4 Å². The Hall–Kier alpha value is 0.210. The molecule has 1 saturated heterocycles. The highest BCUT2D eigenvalue weighted by molar-refractivity contribution is 4.68. The third kappa shape index (κ3) is 14.8. The van der Waals surface area contributed by atoms with Crippen LogP contribution in [0, 0.1) is 0 Å². The van der Waals surface area contributed by atoms with E-state index in [1.807, 2.05) is 0 Å². The van der Waals surface area contributed by atoms with Gasteiger partial charge >= 0.3 is 0 Å². The largest absolute Gasteiger partial charge is 1.00 e. The molecule has 1 fully saturated rings. The number of ether oxygens (including phenoxy) is 1. The first kappa shape index (κ1) is 27.2. The van der Waals surface area contributed by atoms with Crippen molar-refractivity contribution in [2.75, 3.05) is 32.8 Å². The molecule has 1 atom stereocenters. The molecule has 0 saturated carbocycles. The van der Waals surface area contributed by atoms with Crippen molar-refractivity contribution >= 4 is 0 Å². The van der Waals surface area contributed by atoms with E-state index in [0.717, 1.165) is 6.61 Å². The summed E-state index contributed by atoms with van der Waals surface area (Å²) in [5, 5.41) is 0. The van der Waals surface area contributed by atoms with Crippen LogP contribution in [0.5, 0.6) is 0 Å². The summed E-state index contributed by atoms with van der Waals surface area (Å²) in [5.41, 5.74) is 0. The smallest absolute Gasteiger partial charge is 0.130 e. The van der Waals surface area contributed by atoms with Gasteiger partial charge in [-0.3, -0.25) is 0 Å². The van der Waals surface area contributed by atoms with Crippen molar-refractivity contribution in [3.05, 3.63) is 0 Å². The molecule has 27 heavy (non-hydrogen) atoms. The molecule has 0 N–H and O–H groups in total. The molecule has 0 aliphatic carbocycles. The molecule has 0 spiro atoms. The van der Waals surface area contributed by atoms with Gasteiger partial charge < -0.3 is 21.6 Å². The van der Waals surface area contributed by atoms with E-state index in [1.165, 1.54) is 127 Å². The number of nitrogens with zero attached hydrogens (tertiary/aromatic N) is 1. The first-order chi connectivity index (χ1) is 12.8. The third-order valence-electron chi connectivity index (χ3n) is 6.57. The molecule has 164 valence electrons. The molecular formula is C24H50ClNO. The molecule has 1 rings (SSSR count). The number of hydrogen-bond acceptors (Lipinski definition) is 1. The minimum absolute atomic E-state index is 0. The van der Waals surface area contributed by atoms with Crippen molar-refractivity contribution in [3.63, 3.8) is 0 Å². The van der Waals surface area contributed by atoms with Crippen LogP contribution in [0.4, 0.5) is 0 Å². The molecule has 0 bridgehead atoms. The number of epoxide rings is 1. The van der Waals surface area contributed by atoms with Gasteiger partial charge in [0.25, 0.3) is 0 Å². The lowest BCUT2D eigenvalue weighted by atomic mass is 10.0. The van der Waals surface area contributed by atoms with Crippen LogP contribution < -0.4 is 12.4 Å². The van der Waals surface area contributed by atoms with E-state index in [0.29, 0.717) is 6.10 Å². The normalized spacial score (nSPS) is 16.3. The highest BCUT2D eigenvalue weighted by atomic mass is 35.5. The summed E-state index contributed by atoms with van der Waals surface area (Å²) in [4.78, 5) is 0. The second-order valence-electron chi connectivity index (χ2n) is 8.79. The van der Waals surface area contributed by atoms with Crippen LogP contribution in [0.2, 0.25) is 0 Å². The van der Waals surface area contributed by atoms with E-state index >= 15 is 0 Å². The maximum Gasteiger partial charge on any atom is 0.130 e. The van der Waals surface area contributed by atoms with Crippen LogP contribution in [-0.4, -0.2) is 43.4 Å². The van der Waals surface area contributed by atoms with Crippen molar-refractivity contribution < 1.29 is 21.6 Å². The van der Waals surface area contributed by atoms with Gasteiger partial charge in [0.15, 0.2) is 0 Å². The molecule has 0 radical (unpaired) electrons. The van der Waals surface area contributed by atoms with Gasteiger partial charge in [0.2, 0.25) is 0 Å². The first-order valence-electron chi connectivity index (χ1n) is 12.2. The number of quaternary nitrogens is 1. The fraction of sp³-hybridized carbons (Fsp3) is 1.00. The van der Waals surface area contributed by atoms with E-state index in [9.17, 15) is 0 Å². The lowest BCUT2D eigenvalue weighted by molar-refractivity contribution is -0.925. The van der Waals surface area contributed by atoms with Gasteiger partial charge in [-0.1, -0.05) is 90.4 Å². The Bertz CT molecular complexity index is 303. The van der Waals surface area contributed by atoms with Gasteiger partial charge in [-0.25, -0.2) is 0 Å². The fourth-order valence-electron chi connectivity index (χ4n) is 4.31. The summed E-state index contributed by atoms with van der Waals surface area (Å²) in [6.45, 7) is 13.2. The molecule has 3 heteroatoms. The lowest BCUT2D eigenvalue weighted by Crippen LogP contribution is -3.00. The van der Waals surface area contributed by atoms with E-state index in [2.05, 4.69) is 20.8 Å². The van der Waals surface area contributed by atoms with E-state index in [1.54, 1.807) is 0 Å². The predicted octanol–water partition coefficient (Wildman–Crippen LogP) is 4.12. The molecule has 0 aromatic carbocycles. The van der Waals surface area contributed by atoms with Crippen LogP contribution in [0.25, 0.3) is 0 Å². The van der Waals surface area contributed by atoms with Gasteiger partial charge in [-0.05, 0) is 26.7 Å². The number of unbranched alkanes of at least 4 members (excludes halogenated alkanes) is 14. The fourth-order valence-corrected chi connectivity index (χ4v) is 4.31. The van der Waals surface area contributed by atoms with Crippen LogP contribution in [0.1, 0.15) is 117 Å².